The molecule has 16 nitrogen and oxygen atoms in total. The monoisotopic (exact) mass is 815 g/mol. The van der Waals surface area contributed by atoms with Crippen LogP contribution in [0.4, 0.5) is 5.69 Å². The van der Waals surface area contributed by atoms with Gasteiger partial charge in [0.2, 0.25) is 17.2 Å². The first-order valence-corrected chi connectivity index (χ1v) is 20.8. The summed E-state index contributed by atoms with van der Waals surface area (Å²) in [5, 5.41) is 58.3. The Morgan fingerprint density at radius 2 is 1.97 bits per heavy atom. The highest BCUT2D eigenvalue weighted by Crippen LogP contribution is 2.50. The molecule has 0 radical (unpaired) electrons. The molecule has 2 aromatic rings. The van der Waals surface area contributed by atoms with Crippen molar-refractivity contribution in [2.24, 2.45) is 21.8 Å². The van der Waals surface area contributed by atoms with Gasteiger partial charge in [-0.15, -0.1) is 0 Å². The fourth-order valence-corrected chi connectivity index (χ4v) is 10.5. The lowest BCUT2D eigenvalue weighted by atomic mass is 9.68. The molecule has 1 amide bonds. The molecular weight excluding hydrogens is 762 g/mol. The van der Waals surface area contributed by atoms with Crippen LogP contribution in [-0.2, 0) is 21.0 Å². The first-order valence-electron chi connectivity index (χ1n) is 20.8. The number of carbonyl (C=O) groups is 1. The van der Waals surface area contributed by atoms with Crippen molar-refractivity contribution in [1.29, 1.82) is 0 Å². The summed E-state index contributed by atoms with van der Waals surface area (Å²) < 4.78 is 13.8. The van der Waals surface area contributed by atoms with E-state index in [1.54, 1.807) is 31.5 Å². The molecule has 1 aromatic carbocycles. The second-order valence-corrected chi connectivity index (χ2v) is 17.2. The van der Waals surface area contributed by atoms with E-state index in [4.69, 9.17) is 18.9 Å². The molecule has 314 valence electrons. The summed E-state index contributed by atoms with van der Waals surface area (Å²) in [6, 6.07) is 3.03. The summed E-state index contributed by atoms with van der Waals surface area (Å²) in [7, 11) is 0. The number of hydrogen-bond acceptors (Lipinski definition) is 13. The Kier molecular flexibility index (Phi) is 10.6. The predicted octanol–water partition coefficient (Wildman–Crippen LogP) is -0.864. The first-order chi connectivity index (χ1) is 28.4. The zero-order valence-corrected chi connectivity index (χ0v) is 33.2. The number of benzene rings is 1. The van der Waals surface area contributed by atoms with Crippen LogP contribution in [-0.4, -0.2) is 117 Å². The van der Waals surface area contributed by atoms with E-state index in [2.05, 4.69) is 22.2 Å². The molecule has 3 unspecified atom stereocenters. The largest absolute Gasteiger partial charge is 0.478 e. The zero-order valence-electron chi connectivity index (χ0n) is 33.2. The van der Waals surface area contributed by atoms with Gasteiger partial charge >= 0.3 is 0 Å². The van der Waals surface area contributed by atoms with Crippen molar-refractivity contribution in [3.05, 3.63) is 81.8 Å². The van der Waals surface area contributed by atoms with Gasteiger partial charge in [0.05, 0.1) is 23.8 Å². The summed E-state index contributed by atoms with van der Waals surface area (Å²) in [5.74, 6) is 1.33. The molecular formula is C43H53N5O11+2. The minimum Gasteiger partial charge on any atom is -0.478 e. The van der Waals surface area contributed by atoms with Gasteiger partial charge in [-0.1, -0.05) is 6.92 Å². The highest BCUT2D eigenvalue weighted by atomic mass is 17.2. The number of aliphatic imine (C=N–C) groups is 2. The van der Waals surface area contributed by atoms with Gasteiger partial charge in [-0.3, -0.25) is 29.4 Å². The van der Waals surface area contributed by atoms with Gasteiger partial charge in [0.15, 0.2) is 22.8 Å². The molecule has 2 fully saturated rings. The number of aliphatic hydroxyl groups is 5. The number of nitrogens with zero attached hydrogens (tertiary/aromatic N) is 2. The van der Waals surface area contributed by atoms with Crippen molar-refractivity contribution in [3.63, 3.8) is 0 Å². The standard InChI is InChI=1S/C43H51N5O11/c1-3-31-27-6-10-45-30(27)19-48(31)38-39-25(14-28-33(50)13-23(2)57-40(28)38)15-36(42(58-39)9-4-5-24(17-42)26-16-37(53)46-18-26)59-56-21-35(52)43(55,41(54)34(51)20-49)22-47-12-8-29-32(47)7-11-44-29/h6-8,10-14,24,26,32,34-36,41,49,51-52,54-55H,3-5,9,15-22H2,1-2H3,(H,46,53)/p+2/t24-,26-,32?,34-,35+,36-,41-,42+,43-/m1/s1. The molecule has 11 atom stereocenters. The van der Waals surface area contributed by atoms with Crippen LogP contribution in [0.25, 0.3) is 11.0 Å². The zero-order chi connectivity index (χ0) is 41.2. The molecule has 16 heteroatoms. The number of fused-ring (bicyclic) bond motifs is 4. The van der Waals surface area contributed by atoms with E-state index < -0.39 is 48.8 Å². The summed E-state index contributed by atoms with van der Waals surface area (Å²) in [4.78, 5) is 48.9. The number of carbonyl (C=O) groups excluding carboxylic acids is 1. The van der Waals surface area contributed by atoms with Crippen molar-refractivity contribution >= 4 is 34.0 Å². The number of aliphatic hydroxyl groups excluding tert-OH is 4. The van der Waals surface area contributed by atoms with Gasteiger partial charge in [-0.2, -0.15) is 0 Å². The minimum atomic E-state index is -2.36. The number of rotatable bonds is 13. The van der Waals surface area contributed by atoms with Crippen molar-refractivity contribution in [2.75, 3.05) is 32.8 Å². The molecule has 1 saturated heterocycles. The topological polar surface area (TPSA) is 222 Å². The molecule has 6 aliphatic heterocycles. The minimum absolute atomic E-state index is 0.0220. The summed E-state index contributed by atoms with van der Waals surface area (Å²) in [6.07, 6.45) is 8.82. The molecule has 1 spiro atoms. The lowest BCUT2D eigenvalue weighted by molar-refractivity contribution is -0.861. The quantitative estimate of drug-likeness (QED) is 0.0919. The Balaban J connectivity index is 1.06. The smallest absolute Gasteiger partial charge is 0.222 e. The molecule has 7 aliphatic rings. The normalized spacial score (nSPS) is 31.8. The van der Waals surface area contributed by atoms with E-state index >= 15 is 0 Å². The van der Waals surface area contributed by atoms with Crippen molar-refractivity contribution < 1.29 is 59.1 Å². The highest BCUT2D eigenvalue weighted by Gasteiger charge is 2.55. The van der Waals surface area contributed by atoms with E-state index in [9.17, 15) is 35.1 Å². The second-order valence-electron chi connectivity index (χ2n) is 17.2. The van der Waals surface area contributed by atoms with Crippen LogP contribution in [0.2, 0.25) is 0 Å². The summed E-state index contributed by atoms with van der Waals surface area (Å²) in [5.41, 5.74) is 2.29. The number of amides is 1. The first kappa shape index (κ1) is 40.1. The lowest BCUT2D eigenvalue weighted by Crippen LogP contribution is -3.13. The highest BCUT2D eigenvalue weighted by molar-refractivity contribution is 6.08. The van der Waals surface area contributed by atoms with E-state index in [1.165, 1.54) is 6.07 Å². The van der Waals surface area contributed by atoms with Crippen LogP contribution in [0.15, 0.2) is 79.4 Å². The van der Waals surface area contributed by atoms with E-state index in [0.717, 1.165) is 58.1 Å². The SMILES string of the molecule is CCC1=C2C=CN=C2C[NH+]1c1c2c(cc3c(=O)cc(C)oc13)C[C@@H](OOC[C@H](O)[C@](O)(C[NH+]1C=CC3=NC=CC31)[C@H](O)[C@H](O)CO)[C@@]1(CCC[C@@H]([C@H]3CNC(=O)C3)C1)O2. The summed E-state index contributed by atoms with van der Waals surface area (Å²) in [6.45, 7) is 3.26. The van der Waals surface area contributed by atoms with Gasteiger partial charge < -0.3 is 40.0 Å². The Morgan fingerprint density at radius 3 is 2.75 bits per heavy atom. The number of nitrogens with one attached hydrogen (secondary N) is 3. The molecule has 8 N–H and O–H groups in total. The summed E-state index contributed by atoms with van der Waals surface area (Å²) >= 11 is 0. The predicted molar refractivity (Wildman–Crippen MR) is 213 cm³/mol. The average molecular weight is 816 g/mol. The molecule has 0 bridgehead atoms. The number of allylic oxidation sites excluding steroid dienone is 2. The van der Waals surface area contributed by atoms with Crippen LogP contribution in [0.1, 0.15) is 56.8 Å². The third kappa shape index (κ3) is 6.93. The van der Waals surface area contributed by atoms with Crippen molar-refractivity contribution in [1.82, 2.24) is 5.32 Å². The van der Waals surface area contributed by atoms with Crippen molar-refractivity contribution in [2.45, 2.75) is 100 Å². The molecule has 1 aromatic heterocycles. The van der Waals surface area contributed by atoms with Crippen LogP contribution >= 0.6 is 0 Å². The van der Waals surface area contributed by atoms with Gasteiger partial charge in [-0.25, -0.2) is 9.78 Å². The van der Waals surface area contributed by atoms with Gasteiger partial charge in [0.1, 0.15) is 72.6 Å². The van der Waals surface area contributed by atoms with Crippen LogP contribution in [0.3, 0.4) is 0 Å². The average Bonchev–Trinajstić information content (AvgIpc) is 4.07. The second kappa shape index (κ2) is 15.6. The van der Waals surface area contributed by atoms with Crippen LogP contribution in [0.5, 0.6) is 5.75 Å². The van der Waals surface area contributed by atoms with Crippen molar-refractivity contribution in [3.8, 4) is 5.75 Å². The van der Waals surface area contributed by atoms with Gasteiger partial charge in [0.25, 0.3) is 0 Å². The number of hydrogen-bond donors (Lipinski definition) is 8. The number of ether oxygens (including phenoxy) is 1. The van der Waals surface area contributed by atoms with Gasteiger partial charge in [0, 0.05) is 55.9 Å². The number of aryl methyl sites for hydroxylation is 1. The Hall–Kier alpha value is -4.36. The third-order valence-electron chi connectivity index (χ3n) is 13.6. The van der Waals surface area contributed by atoms with Crippen LogP contribution < -0.4 is 25.3 Å². The molecule has 7 heterocycles. The Labute approximate surface area is 340 Å². The lowest BCUT2D eigenvalue weighted by Gasteiger charge is -2.49. The molecule has 9 rings (SSSR count). The number of quaternary nitrogens is 2. The fourth-order valence-electron chi connectivity index (χ4n) is 10.5. The van der Waals surface area contributed by atoms with E-state index in [0.29, 0.717) is 59.7 Å². The maximum absolute atomic E-state index is 13.7. The fraction of sp³-hybridized carbons (Fsp3) is 0.535. The van der Waals surface area contributed by atoms with Crippen LogP contribution in [0, 0.1) is 18.8 Å². The maximum atomic E-state index is 13.7. The maximum Gasteiger partial charge on any atom is 0.222 e. The Morgan fingerprint density at radius 1 is 1.12 bits per heavy atom. The van der Waals surface area contributed by atoms with E-state index in [-0.39, 0.29) is 42.2 Å². The van der Waals surface area contributed by atoms with E-state index in [1.807, 2.05) is 18.4 Å². The molecule has 1 aliphatic carbocycles. The molecule has 1 saturated carbocycles. The third-order valence-corrected chi connectivity index (χ3v) is 13.6. The van der Waals surface area contributed by atoms with Gasteiger partial charge in [-0.05, 0) is 62.7 Å². The molecule has 59 heavy (non-hydrogen) atoms. The Bertz CT molecular complexity index is 2280.